The average Bonchev–Trinajstić information content (AvgIpc) is 2.34. The number of hydrogen-bond donors (Lipinski definition) is 2. The summed E-state index contributed by atoms with van der Waals surface area (Å²) < 4.78 is 5.04. The van der Waals surface area contributed by atoms with Crippen LogP contribution in [0.1, 0.15) is 6.92 Å². The van der Waals surface area contributed by atoms with E-state index in [-0.39, 0.29) is 23.4 Å². The number of nitrogens with one attached hydrogen (secondary N) is 2. The van der Waals surface area contributed by atoms with Crippen LogP contribution >= 0.6 is 0 Å². The first-order valence-electron chi connectivity index (χ1n) is 5.04. The fourth-order valence-electron chi connectivity index (χ4n) is 1.19. The largest absolute Gasteiger partial charge is 0.380 e. The highest BCUT2D eigenvalue weighted by Crippen LogP contribution is 2.28. The third-order valence-corrected chi connectivity index (χ3v) is 2.20. The zero-order chi connectivity index (χ0) is 12.8. The molecule has 0 spiro atoms. The van der Waals surface area contributed by atoms with Crippen LogP contribution in [0.15, 0.2) is 6.33 Å². The second-order valence-corrected chi connectivity index (χ2v) is 3.35. The standard InChI is InChI=1S/C9H15N5O3/c1-6(17-3)4-11-9-7(14(15)16)8(10-2)12-5-13-9/h5-6H,4H2,1-3H3,(H2,10,11,12,13). The highest BCUT2D eigenvalue weighted by molar-refractivity contribution is 5.68. The van der Waals surface area contributed by atoms with Crippen LogP contribution in [0, 0.1) is 10.1 Å². The van der Waals surface area contributed by atoms with Crippen molar-refractivity contribution in [2.45, 2.75) is 13.0 Å². The molecule has 0 aliphatic carbocycles. The van der Waals surface area contributed by atoms with Gasteiger partial charge in [-0.1, -0.05) is 0 Å². The number of methoxy groups -OCH3 is 1. The fraction of sp³-hybridized carbons (Fsp3) is 0.556. The monoisotopic (exact) mass is 241 g/mol. The quantitative estimate of drug-likeness (QED) is 0.562. The predicted octanol–water partition coefficient (Wildman–Crippen LogP) is 0.873. The molecule has 1 rings (SSSR count). The molecule has 0 aliphatic rings. The Morgan fingerprint density at radius 3 is 2.71 bits per heavy atom. The normalized spacial score (nSPS) is 11.9. The lowest BCUT2D eigenvalue weighted by molar-refractivity contribution is -0.383. The van der Waals surface area contributed by atoms with Gasteiger partial charge in [-0.15, -0.1) is 0 Å². The number of nitrogens with zero attached hydrogens (tertiary/aromatic N) is 3. The van der Waals surface area contributed by atoms with Gasteiger partial charge in [0.05, 0.1) is 11.0 Å². The lowest BCUT2D eigenvalue weighted by atomic mass is 10.3. The summed E-state index contributed by atoms with van der Waals surface area (Å²) in [6, 6.07) is 0. The van der Waals surface area contributed by atoms with E-state index in [9.17, 15) is 10.1 Å². The maximum atomic E-state index is 10.9. The molecular formula is C9H15N5O3. The average molecular weight is 241 g/mol. The van der Waals surface area contributed by atoms with E-state index in [1.54, 1.807) is 14.2 Å². The Morgan fingerprint density at radius 2 is 2.18 bits per heavy atom. The van der Waals surface area contributed by atoms with Crippen molar-refractivity contribution in [3.05, 3.63) is 16.4 Å². The van der Waals surface area contributed by atoms with Gasteiger partial charge in [0.25, 0.3) is 0 Å². The maximum absolute atomic E-state index is 10.9. The minimum atomic E-state index is -0.522. The van der Waals surface area contributed by atoms with Crippen LogP contribution in [-0.4, -0.2) is 41.7 Å². The first-order chi connectivity index (χ1) is 8.10. The maximum Gasteiger partial charge on any atom is 0.353 e. The molecule has 1 unspecified atom stereocenters. The number of rotatable bonds is 6. The van der Waals surface area contributed by atoms with Crippen molar-refractivity contribution in [2.24, 2.45) is 0 Å². The molecule has 2 N–H and O–H groups in total. The van der Waals surface area contributed by atoms with E-state index in [1.807, 2.05) is 6.92 Å². The van der Waals surface area contributed by atoms with Crippen LogP contribution in [0.25, 0.3) is 0 Å². The molecule has 0 aromatic carbocycles. The van der Waals surface area contributed by atoms with Gasteiger partial charge in [0.15, 0.2) is 0 Å². The third kappa shape index (κ3) is 3.25. The summed E-state index contributed by atoms with van der Waals surface area (Å²) >= 11 is 0. The van der Waals surface area contributed by atoms with E-state index in [2.05, 4.69) is 20.6 Å². The summed E-state index contributed by atoms with van der Waals surface area (Å²) in [6.07, 6.45) is 1.20. The Morgan fingerprint density at radius 1 is 1.53 bits per heavy atom. The van der Waals surface area contributed by atoms with E-state index < -0.39 is 4.92 Å². The van der Waals surface area contributed by atoms with Crippen molar-refractivity contribution < 1.29 is 9.66 Å². The molecule has 0 bridgehead atoms. The topological polar surface area (TPSA) is 102 Å². The van der Waals surface area contributed by atoms with Gasteiger partial charge in [0, 0.05) is 20.7 Å². The Bertz CT molecular complexity index is 398. The molecule has 0 fully saturated rings. The van der Waals surface area contributed by atoms with Crippen molar-refractivity contribution in [3.63, 3.8) is 0 Å². The summed E-state index contributed by atoms with van der Waals surface area (Å²) in [6.45, 7) is 2.27. The minimum absolute atomic E-state index is 0.0670. The molecule has 0 radical (unpaired) electrons. The van der Waals surface area contributed by atoms with E-state index >= 15 is 0 Å². The van der Waals surface area contributed by atoms with Gasteiger partial charge < -0.3 is 15.4 Å². The highest BCUT2D eigenvalue weighted by atomic mass is 16.6. The van der Waals surface area contributed by atoms with E-state index in [0.717, 1.165) is 0 Å². The lowest BCUT2D eigenvalue weighted by Gasteiger charge is -2.11. The van der Waals surface area contributed by atoms with Crippen molar-refractivity contribution >= 4 is 17.3 Å². The molecule has 0 aliphatic heterocycles. The zero-order valence-electron chi connectivity index (χ0n) is 9.93. The summed E-state index contributed by atoms with van der Waals surface area (Å²) in [5, 5.41) is 16.4. The zero-order valence-corrected chi connectivity index (χ0v) is 9.93. The number of ether oxygens (including phenoxy) is 1. The summed E-state index contributed by atoms with van der Waals surface area (Å²) in [5.74, 6) is 0.357. The number of nitro groups is 1. The highest BCUT2D eigenvalue weighted by Gasteiger charge is 2.22. The first kappa shape index (κ1) is 13.1. The van der Waals surface area contributed by atoms with Crippen molar-refractivity contribution in [1.29, 1.82) is 0 Å². The summed E-state index contributed by atoms with van der Waals surface area (Å²) in [7, 11) is 3.14. The van der Waals surface area contributed by atoms with Gasteiger partial charge >= 0.3 is 5.69 Å². The molecule has 1 heterocycles. The van der Waals surface area contributed by atoms with E-state index in [1.165, 1.54) is 6.33 Å². The molecule has 8 nitrogen and oxygen atoms in total. The molecule has 1 atom stereocenters. The molecule has 0 saturated heterocycles. The summed E-state index contributed by atoms with van der Waals surface area (Å²) in [5.41, 5.74) is -0.168. The molecule has 0 amide bonds. The van der Waals surface area contributed by atoms with E-state index in [4.69, 9.17) is 4.74 Å². The predicted molar refractivity (Wildman–Crippen MR) is 63.2 cm³/mol. The second-order valence-electron chi connectivity index (χ2n) is 3.35. The Hall–Kier alpha value is -1.96. The second kappa shape index (κ2) is 5.94. The first-order valence-corrected chi connectivity index (χ1v) is 5.04. The van der Waals surface area contributed by atoms with Gasteiger partial charge in [0.2, 0.25) is 11.6 Å². The van der Waals surface area contributed by atoms with Gasteiger partial charge in [-0.05, 0) is 6.92 Å². The van der Waals surface area contributed by atoms with Crippen molar-refractivity contribution in [1.82, 2.24) is 9.97 Å². The lowest BCUT2D eigenvalue weighted by Crippen LogP contribution is -2.19. The van der Waals surface area contributed by atoms with Gasteiger partial charge in [0.1, 0.15) is 6.33 Å². The summed E-state index contributed by atoms with van der Waals surface area (Å²) in [4.78, 5) is 18.1. The Balaban J connectivity index is 2.94. The van der Waals surface area contributed by atoms with Gasteiger partial charge in [-0.25, -0.2) is 9.97 Å². The number of anilines is 2. The van der Waals surface area contributed by atoms with Gasteiger partial charge in [-0.3, -0.25) is 10.1 Å². The van der Waals surface area contributed by atoms with Crippen LogP contribution in [0.3, 0.4) is 0 Å². The van der Waals surface area contributed by atoms with Crippen LogP contribution in [0.5, 0.6) is 0 Å². The number of aromatic nitrogens is 2. The van der Waals surface area contributed by atoms with Crippen LogP contribution < -0.4 is 10.6 Å². The Labute approximate surface area is 98.6 Å². The Kier molecular flexibility index (Phi) is 4.58. The van der Waals surface area contributed by atoms with Crippen molar-refractivity contribution in [3.8, 4) is 0 Å². The fourth-order valence-corrected chi connectivity index (χ4v) is 1.19. The molecule has 17 heavy (non-hydrogen) atoms. The SMILES string of the molecule is CNc1ncnc(NCC(C)OC)c1[N+](=O)[O-]. The molecule has 0 saturated carbocycles. The minimum Gasteiger partial charge on any atom is -0.380 e. The molecule has 8 heteroatoms. The van der Waals surface area contributed by atoms with Crippen LogP contribution in [0.4, 0.5) is 17.3 Å². The molecular weight excluding hydrogens is 226 g/mol. The molecule has 1 aromatic heterocycles. The van der Waals surface area contributed by atoms with Crippen LogP contribution in [0.2, 0.25) is 0 Å². The molecule has 1 aromatic rings. The van der Waals surface area contributed by atoms with Gasteiger partial charge in [-0.2, -0.15) is 0 Å². The van der Waals surface area contributed by atoms with Crippen LogP contribution in [-0.2, 0) is 4.74 Å². The smallest absolute Gasteiger partial charge is 0.353 e. The number of hydrogen-bond acceptors (Lipinski definition) is 7. The third-order valence-electron chi connectivity index (χ3n) is 2.20. The molecule has 94 valence electrons. The van der Waals surface area contributed by atoms with Crippen molar-refractivity contribution in [2.75, 3.05) is 31.3 Å². The van der Waals surface area contributed by atoms with E-state index in [0.29, 0.717) is 6.54 Å².